The standard InChI is InChI=1S/C12H22N4O/c1-9-11(13)12(16(3)14-9)15(2)8-10-4-6-17-7-5-10/h10H,4-8,13H2,1-3H3. The van der Waals surface area contributed by atoms with Crippen LogP contribution in [0.4, 0.5) is 11.5 Å². The minimum absolute atomic E-state index is 0.698. The predicted molar refractivity (Wildman–Crippen MR) is 69.2 cm³/mol. The second-order valence-corrected chi connectivity index (χ2v) is 4.88. The van der Waals surface area contributed by atoms with E-state index < -0.39 is 0 Å². The molecule has 0 bridgehead atoms. The molecular weight excluding hydrogens is 216 g/mol. The Balaban J connectivity index is 2.05. The van der Waals surface area contributed by atoms with E-state index in [1.807, 2.05) is 18.7 Å². The Labute approximate surface area is 103 Å². The molecule has 2 heterocycles. The van der Waals surface area contributed by atoms with Crippen LogP contribution in [0.25, 0.3) is 0 Å². The molecule has 1 aromatic heterocycles. The van der Waals surface area contributed by atoms with Gasteiger partial charge in [0.2, 0.25) is 0 Å². The molecule has 5 nitrogen and oxygen atoms in total. The van der Waals surface area contributed by atoms with Gasteiger partial charge >= 0.3 is 0 Å². The first kappa shape index (κ1) is 12.2. The Morgan fingerprint density at radius 1 is 1.47 bits per heavy atom. The van der Waals surface area contributed by atoms with Crippen molar-refractivity contribution < 1.29 is 4.74 Å². The number of anilines is 2. The molecule has 0 unspecified atom stereocenters. The molecular formula is C12H22N4O. The Hall–Kier alpha value is -1.23. The monoisotopic (exact) mass is 238 g/mol. The lowest BCUT2D eigenvalue weighted by Crippen LogP contribution is -2.31. The summed E-state index contributed by atoms with van der Waals surface area (Å²) in [6, 6.07) is 0. The number of rotatable bonds is 3. The van der Waals surface area contributed by atoms with Crippen LogP contribution >= 0.6 is 0 Å². The fourth-order valence-corrected chi connectivity index (χ4v) is 2.52. The van der Waals surface area contributed by atoms with Gasteiger partial charge in [-0.25, -0.2) is 0 Å². The van der Waals surface area contributed by atoms with Crippen LogP contribution in [0.5, 0.6) is 0 Å². The van der Waals surface area contributed by atoms with Crippen LogP contribution in [0.15, 0.2) is 0 Å². The van der Waals surface area contributed by atoms with Crippen LogP contribution in [0.3, 0.4) is 0 Å². The quantitative estimate of drug-likeness (QED) is 0.859. The van der Waals surface area contributed by atoms with Crippen molar-refractivity contribution in [2.45, 2.75) is 19.8 Å². The Kier molecular flexibility index (Phi) is 3.57. The number of nitrogens with zero attached hydrogens (tertiary/aromatic N) is 3. The minimum atomic E-state index is 0.698. The van der Waals surface area contributed by atoms with Gasteiger partial charge in [0, 0.05) is 33.9 Å². The summed E-state index contributed by atoms with van der Waals surface area (Å²) in [4.78, 5) is 2.21. The Morgan fingerprint density at radius 2 is 2.12 bits per heavy atom. The van der Waals surface area contributed by atoms with Crippen LogP contribution in [0.2, 0.25) is 0 Å². The van der Waals surface area contributed by atoms with Gasteiger partial charge < -0.3 is 15.4 Å². The summed E-state index contributed by atoms with van der Waals surface area (Å²) in [6.45, 7) is 4.74. The fraction of sp³-hybridized carbons (Fsp3) is 0.750. The van der Waals surface area contributed by atoms with E-state index in [1.54, 1.807) is 0 Å². The molecule has 2 N–H and O–H groups in total. The van der Waals surface area contributed by atoms with Gasteiger partial charge in [-0.2, -0.15) is 5.10 Å². The molecule has 1 saturated heterocycles. The SMILES string of the molecule is Cc1nn(C)c(N(C)CC2CCOCC2)c1N. The van der Waals surface area contributed by atoms with Gasteiger partial charge in [-0.05, 0) is 25.7 Å². The van der Waals surface area contributed by atoms with Crippen molar-refractivity contribution in [1.82, 2.24) is 9.78 Å². The summed E-state index contributed by atoms with van der Waals surface area (Å²) >= 11 is 0. The van der Waals surface area contributed by atoms with E-state index in [4.69, 9.17) is 10.5 Å². The molecule has 1 aliphatic rings. The van der Waals surface area contributed by atoms with E-state index in [2.05, 4.69) is 17.0 Å². The fourth-order valence-electron chi connectivity index (χ4n) is 2.52. The van der Waals surface area contributed by atoms with Gasteiger partial charge in [-0.1, -0.05) is 0 Å². The van der Waals surface area contributed by atoms with Crippen LogP contribution in [0, 0.1) is 12.8 Å². The summed E-state index contributed by atoms with van der Waals surface area (Å²) in [5.41, 5.74) is 7.76. The zero-order chi connectivity index (χ0) is 12.4. The van der Waals surface area contributed by atoms with Crippen molar-refractivity contribution in [2.75, 3.05) is 37.4 Å². The second-order valence-electron chi connectivity index (χ2n) is 4.88. The van der Waals surface area contributed by atoms with E-state index in [-0.39, 0.29) is 0 Å². The average Bonchev–Trinajstić information content (AvgIpc) is 2.54. The van der Waals surface area contributed by atoms with Crippen molar-refractivity contribution in [3.05, 3.63) is 5.69 Å². The molecule has 1 aliphatic heterocycles. The average molecular weight is 238 g/mol. The highest BCUT2D eigenvalue weighted by Crippen LogP contribution is 2.26. The summed E-state index contributed by atoms with van der Waals surface area (Å²) in [7, 11) is 4.03. The Bertz CT molecular complexity index is 382. The molecule has 0 spiro atoms. The molecule has 0 radical (unpaired) electrons. The molecule has 0 aliphatic carbocycles. The molecule has 0 aromatic carbocycles. The number of hydrogen-bond donors (Lipinski definition) is 1. The lowest BCUT2D eigenvalue weighted by Gasteiger charge is -2.28. The molecule has 0 saturated carbocycles. The van der Waals surface area contributed by atoms with Crippen LogP contribution in [-0.4, -0.2) is 36.6 Å². The van der Waals surface area contributed by atoms with Gasteiger partial charge in [0.1, 0.15) is 5.82 Å². The molecule has 96 valence electrons. The van der Waals surface area contributed by atoms with Crippen molar-refractivity contribution in [3.8, 4) is 0 Å². The van der Waals surface area contributed by atoms with Gasteiger partial charge in [0.05, 0.1) is 11.4 Å². The maximum atomic E-state index is 6.06. The lowest BCUT2D eigenvalue weighted by molar-refractivity contribution is 0.0684. The number of ether oxygens (including phenoxy) is 1. The molecule has 17 heavy (non-hydrogen) atoms. The van der Waals surface area contributed by atoms with E-state index in [1.165, 1.54) is 0 Å². The van der Waals surface area contributed by atoms with E-state index in [9.17, 15) is 0 Å². The van der Waals surface area contributed by atoms with E-state index >= 15 is 0 Å². The number of aromatic nitrogens is 2. The zero-order valence-corrected chi connectivity index (χ0v) is 10.9. The van der Waals surface area contributed by atoms with Gasteiger partial charge in [0.15, 0.2) is 0 Å². The number of aryl methyl sites for hydroxylation is 2. The Morgan fingerprint density at radius 3 is 2.65 bits per heavy atom. The lowest BCUT2D eigenvalue weighted by atomic mass is 10.00. The smallest absolute Gasteiger partial charge is 0.150 e. The van der Waals surface area contributed by atoms with Gasteiger partial charge in [-0.3, -0.25) is 4.68 Å². The molecule has 0 atom stereocenters. The second kappa shape index (κ2) is 4.96. The summed E-state index contributed by atoms with van der Waals surface area (Å²) in [5.74, 6) is 1.72. The summed E-state index contributed by atoms with van der Waals surface area (Å²) < 4.78 is 7.24. The van der Waals surface area contributed by atoms with Gasteiger partial charge in [-0.15, -0.1) is 0 Å². The molecule has 0 amide bonds. The van der Waals surface area contributed by atoms with Crippen molar-refractivity contribution in [2.24, 2.45) is 13.0 Å². The first-order valence-corrected chi connectivity index (χ1v) is 6.17. The minimum Gasteiger partial charge on any atom is -0.394 e. The van der Waals surface area contributed by atoms with Crippen molar-refractivity contribution in [1.29, 1.82) is 0 Å². The molecule has 1 fully saturated rings. The van der Waals surface area contributed by atoms with Crippen LogP contribution in [-0.2, 0) is 11.8 Å². The third-order valence-corrected chi connectivity index (χ3v) is 3.47. The third-order valence-electron chi connectivity index (χ3n) is 3.47. The molecule has 5 heteroatoms. The predicted octanol–water partition coefficient (Wildman–Crippen LogP) is 1.17. The van der Waals surface area contributed by atoms with Crippen LogP contribution < -0.4 is 10.6 Å². The maximum absolute atomic E-state index is 6.06. The normalized spacial score (nSPS) is 17.4. The van der Waals surface area contributed by atoms with Crippen molar-refractivity contribution in [3.63, 3.8) is 0 Å². The van der Waals surface area contributed by atoms with Crippen LogP contribution in [0.1, 0.15) is 18.5 Å². The summed E-state index contributed by atoms with van der Waals surface area (Å²) in [6.07, 6.45) is 2.28. The van der Waals surface area contributed by atoms with E-state index in [0.717, 1.165) is 49.8 Å². The maximum Gasteiger partial charge on any atom is 0.150 e. The number of nitrogen functional groups attached to an aromatic ring is 1. The number of hydrogen-bond acceptors (Lipinski definition) is 4. The van der Waals surface area contributed by atoms with E-state index in [0.29, 0.717) is 5.92 Å². The zero-order valence-electron chi connectivity index (χ0n) is 10.9. The van der Waals surface area contributed by atoms with Gasteiger partial charge in [0.25, 0.3) is 0 Å². The molecule has 2 rings (SSSR count). The largest absolute Gasteiger partial charge is 0.394 e. The molecule has 1 aromatic rings. The highest BCUT2D eigenvalue weighted by molar-refractivity contribution is 5.65. The van der Waals surface area contributed by atoms with Crippen molar-refractivity contribution >= 4 is 11.5 Å². The highest BCUT2D eigenvalue weighted by atomic mass is 16.5. The number of nitrogens with two attached hydrogens (primary N) is 1. The topological polar surface area (TPSA) is 56.3 Å². The summed E-state index contributed by atoms with van der Waals surface area (Å²) in [5, 5.41) is 4.35. The highest BCUT2D eigenvalue weighted by Gasteiger charge is 2.20. The third kappa shape index (κ3) is 2.54. The first-order chi connectivity index (χ1) is 8.09. The first-order valence-electron chi connectivity index (χ1n) is 6.17.